The van der Waals surface area contributed by atoms with Crippen molar-refractivity contribution in [3.8, 4) is 0 Å². The summed E-state index contributed by atoms with van der Waals surface area (Å²) in [5, 5.41) is 0. The summed E-state index contributed by atoms with van der Waals surface area (Å²) < 4.78 is 5.03. The van der Waals surface area contributed by atoms with Crippen molar-refractivity contribution in [2.75, 3.05) is 18.1 Å². The van der Waals surface area contributed by atoms with Gasteiger partial charge in [0, 0.05) is 24.2 Å². The molecule has 0 aromatic heterocycles. The fourth-order valence-corrected chi connectivity index (χ4v) is 3.29. The van der Waals surface area contributed by atoms with Gasteiger partial charge in [0.05, 0.1) is 5.92 Å². The van der Waals surface area contributed by atoms with Gasteiger partial charge in [0.25, 0.3) is 11.8 Å². The lowest BCUT2D eigenvalue weighted by Crippen LogP contribution is -2.43. The highest BCUT2D eigenvalue weighted by Gasteiger charge is 2.36. The molecule has 0 bridgehead atoms. The van der Waals surface area contributed by atoms with Crippen molar-refractivity contribution in [3.05, 3.63) is 65.2 Å². The van der Waals surface area contributed by atoms with Crippen molar-refractivity contribution >= 4 is 29.4 Å². The van der Waals surface area contributed by atoms with Gasteiger partial charge in [-0.15, -0.1) is 0 Å². The van der Waals surface area contributed by atoms with E-state index in [1.807, 2.05) is 32.0 Å². The van der Waals surface area contributed by atoms with Gasteiger partial charge in [-0.3, -0.25) is 30.0 Å². The highest BCUT2D eigenvalue weighted by atomic mass is 16.5. The maximum Gasteiger partial charge on any atom is 0.311 e. The van der Waals surface area contributed by atoms with E-state index in [1.165, 1.54) is 0 Å². The van der Waals surface area contributed by atoms with E-state index in [0.717, 1.165) is 16.8 Å². The fourth-order valence-electron chi connectivity index (χ4n) is 3.29. The van der Waals surface area contributed by atoms with Crippen molar-refractivity contribution in [2.24, 2.45) is 5.92 Å². The van der Waals surface area contributed by atoms with E-state index in [9.17, 15) is 19.2 Å². The number of carbonyl (C=O) groups excluding carboxylic acids is 4. The van der Waals surface area contributed by atoms with Crippen LogP contribution in [0.5, 0.6) is 0 Å². The van der Waals surface area contributed by atoms with E-state index in [0.29, 0.717) is 5.56 Å². The number of hydrazine groups is 1. The van der Waals surface area contributed by atoms with Gasteiger partial charge in [-0.1, -0.05) is 35.9 Å². The summed E-state index contributed by atoms with van der Waals surface area (Å²) in [5.41, 5.74) is 7.62. The molecule has 0 saturated carbocycles. The molecule has 1 saturated heterocycles. The van der Waals surface area contributed by atoms with Gasteiger partial charge in [-0.25, -0.2) is 0 Å². The van der Waals surface area contributed by atoms with Gasteiger partial charge in [-0.05, 0) is 37.6 Å². The van der Waals surface area contributed by atoms with Gasteiger partial charge in [0.1, 0.15) is 0 Å². The Hall–Kier alpha value is -3.68. The van der Waals surface area contributed by atoms with E-state index < -0.39 is 30.3 Å². The van der Waals surface area contributed by atoms with Crippen molar-refractivity contribution in [1.82, 2.24) is 10.9 Å². The van der Waals surface area contributed by atoms with Crippen LogP contribution >= 0.6 is 0 Å². The summed E-state index contributed by atoms with van der Waals surface area (Å²) in [7, 11) is 0. The average molecular weight is 409 g/mol. The molecule has 2 aromatic rings. The number of esters is 1. The van der Waals surface area contributed by atoms with Gasteiger partial charge in [-0.2, -0.15) is 0 Å². The van der Waals surface area contributed by atoms with Crippen LogP contribution in [0.3, 0.4) is 0 Å². The molecule has 0 unspecified atom stereocenters. The first-order chi connectivity index (χ1) is 14.3. The van der Waals surface area contributed by atoms with E-state index in [4.69, 9.17) is 4.74 Å². The molecule has 3 amide bonds. The summed E-state index contributed by atoms with van der Waals surface area (Å²) in [5.74, 6) is -2.60. The first-order valence-electron chi connectivity index (χ1n) is 9.53. The SMILES string of the molecule is Cc1ccc(N2C[C@H](C(=O)OCC(=O)NNC(=O)c3ccccc3)CC2=O)c(C)c1. The molecule has 8 heteroatoms. The van der Waals surface area contributed by atoms with Crippen LogP contribution in [0.2, 0.25) is 0 Å². The first kappa shape index (κ1) is 21.0. The number of benzene rings is 2. The molecule has 2 aromatic carbocycles. The Bertz CT molecular complexity index is 974. The lowest BCUT2D eigenvalue weighted by molar-refractivity contribution is -0.152. The third-order valence-corrected chi connectivity index (χ3v) is 4.80. The molecule has 0 aliphatic carbocycles. The number of aryl methyl sites for hydroxylation is 2. The Labute approximate surface area is 174 Å². The number of nitrogens with zero attached hydrogens (tertiary/aromatic N) is 1. The number of rotatable bonds is 5. The number of hydrogen-bond donors (Lipinski definition) is 2. The van der Waals surface area contributed by atoms with Crippen LogP contribution in [-0.2, 0) is 19.1 Å². The molecular weight excluding hydrogens is 386 g/mol. The number of anilines is 1. The highest BCUT2D eigenvalue weighted by Crippen LogP contribution is 2.29. The predicted molar refractivity (Wildman–Crippen MR) is 109 cm³/mol. The highest BCUT2D eigenvalue weighted by molar-refractivity contribution is 6.00. The Balaban J connectivity index is 1.47. The fraction of sp³-hybridized carbons (Fsp3) is 0.273. The summed E-state index contributed by atoms with van der Waals surface area (Å²) >= 11 is 0. The molecule has 1 aliphatic heterocycles. The quantitative estimate of drug-likeness (QED) is 0.577. The topological polar surface area (TPSA) is 105 Å². The summed E-state index contributed by atoms with van der Waals surface area (Å²) in [6.07, 6.45) is 0.0263. The molecule has 8 nitrogen and oxygen atoms in total. The van der Waals surface area contributed by atoms with Crippen LogP contribution in [0, 0.1) is 19.8 Å². The number of amides is 3. The minimum atomic E-state index is -0.678. The largest absolute Gasteiger partial charge is 0.455 e. The molecule has 156 valence electrons. The lowest BCUT2D eigenvalue weighted by atomic mass is 10.1. The number of hydrogen-bond acceptors (Lipinski definition) is 5. The van der Waals surface area contributed by atoms with Crippen LogP contribution in [0.25, 0.3) is 0 Å². The second-order valence-electron chi connectivity index (χ2n) is 7.17. The molecule has 1 atom stereocenters. The minimum Gasteiger partial charge on any atom is -0.455 e. The minimum absolute atomic E-state index is 0.0263. The molecule has 30 heavy (non-hydrogen) atoms. The molecule has 1 fully saturated rings. The van der Waals surface area contributed by atoms with Gasteiger partial charge < -0.3 is 9.64 Å². The van der Waals surface area contributed by atoms with Gasteiger partial charge >= 0.3 is 5.97 Å². The van der Waals surface area contributed by atoms with E-state index in [-0.39, 0.29) is 18.9 Å². The molecule has 3 rings (SSSR count). The van der Waals surface area contributed by atoms with E-state index >= 15 is 0 Å². The van der Waals surface area contributed by atoms with Crippen LogP contribution in [0.1, 0.15) is 27.9 Å². The molecule has 1 heterocycles. The third kappa shape index (κ3) is 5.02. The van der Waals surface area contributed by atoms with Crippen LogP contribution in [0.15, 0.2) is 48.5 Å². The molecule has 2 N–H and O–H groups in total. The maximum atomic E-state index is 12.4. The van der Waals surface area contributed by atoms with Crippen molar-refractivity contribution in [3.63, 3.8) is 0 Å². The van der Waals surface area contributed by atoms with Crippen molar-refractivity contribution < 1.29 is 23.9 Å². The van der Waals surface area contributed by atoms with Crippen LogP contribution in [-0.4, -0.2) is 36.8 Å². The third-order valence-electron chi connectivity index (χ3n) is 4.80. The molecule has 0 radical (unpaired) electrons. The number of nitrogens with one attached hydrogen (secondary N) is 2. The number of carbonyl (C=O) groups is 4. The monoisotopic (exact) mass is 409 g/mol. The molecular formula is C22H23N3O5. The van der Waals surface area contributed by atoms with Crippen molar-refractivity contribution in [2.45, 2.75) is 20.3 Å². The first-order valence-corrected chi connectivity index (χ1v) is 9.53. The summed E-state index contributed by atoms with van der Waals surface area (Å²) in [4.78, 5) is 50.0. The van der Waals surface area contributed by atoms with Crippen molar-refractivity contribution in [1.29, 1.82) is 0 Å². The predicted octanol–water partition coefficient (Wildman–Crippen LogP) is 1.66. The zero-order valence-corrected chi connectivity index (χ0v) is 16.8. The van der Waals surface area contributed by atoms with Crippen LogP contribution in [0.4, 0.5) is 5.69 Å². The summed E-state index contributed by atoms with van der Waals surface area (Å²) in [6, 6.07) is 14.1. The zero-order chi connectivity index (χ0) is 21.7. The van der Waals surface area contributed by atoms with Crippen LogP contribution < -0.4 is 15.8 Å². The molecule has 0 spiro atoms. The van der Waals surface area contributed by atoms with Gasteiger partial charge in [0.15, 0.2) is 6.61 Å². The Morgan fingerprint density at radius 1 is 1.07 bits per heavy atom. The van der Waals surface area contributed by atoms with E-state index in [1.54, 1.807) is 35.2 Å². The van der Waals surface area contributed by atoms with E-state index in [2.05, 4.69) is 10.9 Å². The second kappa shape index (κ2) is 9.21. The van der Waals surface area contributed by atoms with Gasteiger partial charge in [0.2, 0.25) is 5.91 Å². The normalized spacial score (nSPS) is 15.6. The Kier molecular flexibility index (Phi) is 6.46. The standard InChI is InChI=1S/C22H23N3O5/c1-14-8-9-18(15(2)10-14)25-12-17(11-20(25)27)22(29)30-13-19(26)23-24-21(28)16-6-4-3-5-7-16/h3-10,17H,11-13H2,1-2H3,(H,23,26)(H,24,28)/t17-/m1/s1. The Morgan fingerprint density at radius 3 is 2.50 bits per heavy atom. The smallest absolute Gasteiger partial charge is 0.311 e. The number of ether oxygens (including phenoxy) is 1. The zero-order valence-electron chi connectivity index (χ0n) is 16.8. The lowest BCUT2D eigenvalue weighted by Gasteiger charge is -2.19. The Morgan fingerprint density at radius 2 is 1.80 bits per heavy atom. The second-order valence-corrected chi connectivity index (χ2v) is 7.17. The summed E-state index contributed by atoms with van der Waals surface area (Å²) in [6.45, 7) is 3.53. The maximum absolute atomic E-state index is 12.4. The molecule has 1 aliphatic rings. The average Bonchev–Trinajstić information content (AvgIpc) is 3.12.